The number of rotatable bonds is 7. The van der Waals surface area contributed by atoms with Crippen LogP contribution in [-0.2, 0) is 17.9 Å². The van der Waals surface area contributed by atoms with E-state index >= 15 is 0 Å². The van der Waals surface area contributed by atoms with Crippen LogP contribution in [0.2, 0.25) is 0 Å². The Bertz CT molecular complexity index is 705. The van der Waals surface area contributed by atoms with E-state index in [1.165, 1.54) is 6.07 Å². The highest BCUT2D eigenvalue weighted by atomic mass is 127. The van der Waals surface area contributed by atoms with Gasteiger partial charge < -0.3 is 20.4 Å². The molecule has 1 heterocycles. The van der Waals surface area contributed by atoms with Gasteiger partial charge in [-0.05, 0) is 45.6 Å². The van der Waals surface area contributed by atoms with Gasteiger partial charge in [0.1, 0.15) is 5.82 Å². The number of benzene rings is 1. The Hall–Kier alpha value is -1.46. The number of hydrogen-bond donors (Lipinski definition) is 2. The fourth-order valence-corrected chi connectivity index (χ4v) is 3.40. The molecule has 0 radical (unpaired) electrons. The second kappa shape index (κ2) is 13.1. The van der Waals surface area contributed by atoms with Crippen molar-refractivity contribution in [2.45, 2.75) is 33.0 Å². The van der Waals surface area contributed by atoms with Crippen LogP contribution in [0.5, 0.6) is 0 Å². The third kappa shape index (κ3) is 8.73. The lowest BCUT2D eigenvalue weighted by Crippen LogP contribution is -2.54. The van der Waals surface area contributed by atoms with E-state index < -0.39 is 0 Å². The fraction of sp³-hybridized carbons (Fsp3) is 0.619. The van der Waals surface area contributed by atoms with Crippen LogP contribution in [0, 0.1) is 5.82 Å². The van der Waals surface area contributed by atoms with Crippen LogP contribution in [0.25, 0.3) is 0 Å². The Morgan fingerprint density at radius 1 is 1.23 bits per heavy atom. The zero-order valence-electron chi connectivity index (χ0n) is 18.7. The Kier molecular flexibility index (Phi) is 11.6. The number of guanidine groups is 1. The molecule has 0 unspecified atom stereocenters. The fourth-order valence-electron chi connectivity index (χ4n) is 3.40. The molecule has 2 N–H and O–H groups in total. The molecule has 2 rings (SSSR count). The van der Waals surface area contributed by atoms with Crippen molar-refractivity contribution in [2.75, 3.05) is 53.9 Å². The average Bonchev–Trinajstić information content (AvgIpc) is 2.65. The van der Waals surface area contributed by atoms with Gasteiger partial charge in [0.15, 0.2) is 5.96 Å². The maximum Gasteiger partial charge on any atom is 0.234 e. The van der Waals surface area contributed by atoms with Gasteiger partial charge in [-0.15, -0.1) is 24.0 Å². The molecule has 0 aliphatic carbocycles. The molecule has 0 aromatic heterocycles. The lowest BCUT2D eigenvalue weighted by molar-refractivity contribution is -0.123. The van der Waals surface area contributed by atoms with E-state index in [1.807, 2.05) is 38.9 Å². The van der Waals surface area contributed by atoms with Crippen molar-refractivity contribution < 1.29 is 9.18 Å². The first-order valence-electron chi connectivity index (χ1n) is 10.2. The zero-order chi connectivity index (χ0) is 21.4. The van der Waals surface area contributed by atoms with Crippen molar-refractivity contribution in [3.63, 3.8) is 0 Å². The predicted octanol–water partition coefficient (Wildman–Crippen LogP) is 1.72. The number of aliphatic imine (C=N–C) groups is 1. The standard InChI is InChI=1S/C21H35FN6O.HI/c1-16(2)25-20(29)15-27-8-10-28(11-9-27)21(23-3)24-13-17-6-7-19(22)18(12-17)14-26(4)5;/h6-7,12,16H,8-11,13-15H2,1-5H3,(H,23,24)(H,25,29);1H. The van der Waals surface area contributed by atoms with Crippen LogP contribution in [-0.4, -0.2) is 86.5 Å². The molecule has 30 heavy (non-hydrogen) atoms. The van der Waals surface area contributed by atoms with Crippen LogP contribution in [0.3, 0.4) is 0 Å². The molecule has 1 aliphatic heterocycles. The molecule has 170 valence electrons. The zero-order valence-corrected chi connectivity index (χ0v) is 21.1. The third-order valence-electron chi connectivity index (χ3n) is 4.75. The van der Waals surface area contributed by atoms with Crippen molar-refractivity contribution in [2.24, 2.45) is 4.99 Å². The molecule has 1 fully saturated rings. The Labute approximate surface area is 197 Å². The Balaban J connectivity index is 0.00000450. The van der Waals surface area contributed by atoms with E-state index in [-0.39, 0.29) is 41.7 Å². The number of halogens is 2. The number of nitrogens with zero attached hydrogens (tertiary/aromatic N) is 4. The summed E-state index contributed by atoms with van der Waals surface area (Å²) in [5, 5.41) is 6.31. The van der Waals surface area contributed by atoms with E-state index in [4.69, 9.17) is 0 Å². The summed E-state index contributed by atoms with van der Waals surface area (Å²) in [7, 11) is 5.63. The number of carbonyl (C=O) groups is 1. The van der Waals surface area contributed by atoms with Crippen molar-refractivity contribution in [3.05, 3.63) is 35.1 Å². The van der Waals surface area contributed by atoms with Gasteiger partial charge in [-0.1, -0.05) is 6.07 Å². The van der Waals surface area contributed by atoms with Gasteiger partial charge in [0.2, 0.25) is 5.91 Å². The highest BCUT2D eigenvalue weighted by molar-refractivity contribution is 14.0. The normalized spacial score (nSPS) is 15.3. The highest BCUT2D eigenvalue weighted by Gasteiger charge is 2.21. The SMILES string of the molecule is CN=C(NCc1ccc(F)c(CN(C)C)c1)N1CCN(CC(=O)NC(C)C)CC1.I. The van der Waals surface area contributed by atoms with Crippen LogP contribution in [0.1, 0.15) is 25.0 Å². The number of piperazine rings is 1. The summed E-state index contributed by atoms with van der Waals surface area (Å²) in [6.07, 6.45) is 0. The van der Waals surface area contributed by atoms with E-state index in [2.05, 4.69) is 25.4 Å². The van der Waals surface area contributed by atoms with E-state index in [0.29, 0.717) is 25.2 Å². The summed E-state index contributed by atoms with van der Waals surface area (Å²) in [6.45, 7) is 8.78. The summed E-state index contributed by atoms with van der Waals surface area (Å²) in [6, 6.07) is 5.40. The van der Waals surface area contributed by atoms with Crippen LogP contribution in [0.4, 0.5) is 4.39 Å². The predicted molar refractivity (Wildman–Crippen MR) is 131 cm³/mol. The second-order valence-electron chi connectivity index (χ2n) is 8.05. The lowest BCUT2D eigenvalue weighted by atomic mass is 10.1. The molecule has 0 saturated carbocycles. The van der Waals surface area contributed by atoms with E-state index in [0.717, 1.165) is 37.7 Å². The Morgan fingerprint density at radius 2 is 1.90 bits per heavy atom. The largest absolute Gasteiger partial charge is 0.353 e. The van der Waals surface area contributed by atoms with Gasteiger partial charge in [0.25, 0.3) is 0 Å². The smallest absolute Gasteiger partial charge is 0.234 e. The van der Waals surface area contributed by atoms with Crippen LogP contribution < -0.4 is 10.6 Å². The van der Waals surface area contributed by atoms with Crippen LogP contribution in [0.15, 0.2) is 23.2 Å². The maximum absolute atomic E-state index is 14.0. The monoisotopic (exact) mass is 534 g/mol. The minimum absolute atomic E-state index is 0. The van der Waals surface area contributed by atoms with Crippen molar-refractivity contribution in [1.29, 1.82) is 0 Å². The van der Waals surface area contributed by atoms with Gasteiger partial charge >= 0.3 is 0 Å². The van der Waals surface area contributed by atoms with Gasteiger partial charge in [-0.2, -0.15) is 0 Å². The van der Waals surface area contributed by atoms with Gasteiger partial charge in [-0.3, -0.25) is 14.7 Å². The molecular formula is C21H36FIN6O. The number of hydrogen-bond acceptors (Lipinski definition) is 4. The van der Waals surface area contributed by atoms with Gasteiger partial charge in [0, 0.05) is 57.9 Å². The van der Waals surface area contributed by atoms with Crippen molar-refractivity contribution in [3.8, 4) is 0 Å². The number of amides is 1. The average molecular weight is 534 g/mol. The Morgan fingerprint density at radius 3 is 2.47 bits per heavy atom. The van der Waals surface area contributed by atoms with Crippen LogP contribution >= 0.6 is 24.0 Å². The molecule has 1 aliphatic rings. The first-order chi connectivity index (χ1) is 13.8. The molecule has 0 spiro atoms. The first kappa shape index (κ1) is 26.6. The molecule has 1 aromatic carbocycles. The summed E-state index contributed by atoms with van der Waals surface area (Å²) < 4.78 is 14.0. The van der Waals surface area contributed by atoms with E-state index in [1.54, 1.807) is 13.1 Å². The summed E-state index contributed by atoms with van der Waals surface area (Å²) >= 11 is 0. The molecule has 9 heteroatoms. The minimum Gasteiger partial charge on any atom is -0.353 e. The summed E-state index contributed by atoms with van der Waals surface area (Å²) in [5.41, 5.74) is 1.71. The molecule has 1 amide bonds. The van der Waals surface area contributed by atoms with Gasteiger partial charge in [-0.25, -0.2) is 4.39 Å². The number of carbonyl (C=O) groups excluding carboxylic acids is 1. The second-order valence-corrected chi connectivity index (χ2v) is 8.05. The summed E-state index contributed by atoms with van der Waals surface area (Å²) in [5.74, 6) is 0.722. The summed E-state index contributed by atoms with van der Waals surface area (Å²) in [4.78, 5) is 22.6. The minimum atomic E-state index is -0.176. The third-order valence-corrected chi connectivity index (χ3v) is 4.75. The first-order valence-corrected chi connectivity index (χ1v) is 10.2. The molecule has 7 nitrogen and oxygen atoms in total. The molecule has 1 saturated heterocycles. The van der Waals surface area contributed by atoms with Crippen molar-refractivity contribution in [1.82, 2.24) is 25.3 Å². The highest BCUT2D eigenvalue weighted by Crippen LogP contribution is 2.12. The molecule has 0 atom stereocenters. The maximum atomic E-state index is 14.0. The quantitative estimate of drug-likeness (QED) is 0.317. The van der Waals surface area contributed by atoms with Gasteiger partial charge in [0.05, 0.1) is 6.54 Å². The number of nitrogens with one attached hydrogen (secondary N) is 2. The van der Waals surface area contributed by atoms with E-state index in [9.17, 15) is 9.18 Å². The molecular weight excluding hydrogens is 498 g/mol. The topological polar surface area (TPSA) is 63.2 Å². The lowest BCUT2D eigenvalue weighted by Gasteiger charge is -2.36. The molecule has 1 aromatic rings. The van der Waals surface area contributed by atoms with Crippen molar-refractivity contribution >= 4 is 35.8 Å². The molecule has 0 bridgehead atoms.